The summed E-state index contributed by atoms with van der Waals surface area (Å²) in [5, 5.41) is 2.35. The van der Waals surface area contributed by atoms with Crippen molar-refractivity contribution in [1.29, 1.82) is 0 Å². The van der Waals surface area contributed by atoms with Gasteiger partial charge in [-0.15, -0.1) is 0 Å². The predicted molar refractivity (Wildman–Crippen MR) is 35.4 cm³/mol. The molecule has 1 atom stereocenters. The van der Waals surface area contributed by atoms with E-state index in [0.29, 0.717) is 10.9 Å². The molecule has 0 aliphatic rings. The van der Waals surface area contributed by atoms with Crippen molar-refractivity contribution >= 4 is 11.1 Å². The second-order valence-corrected chi connectivity index (χ2v) is 3.08. The summed E-state index contributed by atoms with van der Waals surface area (Å²) < 4.78 is 57.7. The van der Waals surface area contributed by atoms with E-state index in [1.165, 1.54) is 0 Å². The Labute approximate surface area is 102 Å². The molecule has 0 bridgehead atoms. The van der Waals surface area contributed by atoms with Gasteiger partial charge in [-0.05, 0) is 11.1 Å². The molecule has 0 fully saturated rings. The molecule has 4 nitrogen and oxygen atoms in total. The van der Waals surface area contributed by atoms with Crippen LogP contribution in [0.15, 0.2) is 11.2 Å². The van der Waals surface area contributed by atoms with E-state index in [-0.39, 0.29) is 29.6 Å². The van der Waals surface area contributed by atoms with Crippen molar-refractivity contribution in [3.63, 3.8) is 0 Å². The van der Waals surface area contributed by atoms with Crippen molar-refractivity contribution in [1.82, 2.24) is 9.78 Å². The fourth-order valence-corrected chi connectivity index (χ4v) is 1.43. The molecule has 1 heterocycles. The third-order valence-corrected chi connectivity index (χ3v) is 2.15. The summed E-state index contributed by atoms with van der Waals surface area (Å²) in [4.78, 5) is 0. The number of aryl methyl sites for hydroxylation is 1. The third kappa shape index (κ3) is 2.80. The minimum atomic E-state index is -4.69. The van der Waals surface area contributed by atoms with Crippen molar-refractivity contribution in [2.45, 2.75) is 11.2 Å². The number of rotatable bonds is 1. The standard InChI is InChI=1S/C5H5F3N2O2S.Na/c1-10-4(13(11)12)3(2-9-10)5(6,7)8;/h2H,1H3,(H,11,12);/q;+1/p-1. The van der Waals surface area contributed by atoms with Crippen molar-refractivity contribution in [2.75, 3.05) is 0 Å². The van der Waals surface area contributed by atoms with Gasteiger partial charge in [0.2, 0.25) is 0 Å². The maximum absolute atomic E-state index is 12.1. The Bertz CT molecular complexity index is 351. The van der Waals surface area contributed by atoms with E-state index >= 15 is 0 Å². The summed E-state index contributed by atoms with van der Waals surface area (Å²) in [6.07, 6.45) is -4.21. The van der Waals surface area contributed by atoms with Crippen LogP contribution in [-0.2, 0) is 24.3 Å². The Morgan fingerprint density at radius 2 is 2.07 bits per heavy atom. The Morgan fingerprint density at radius 1 is 1.57 bits per heavy atom. The van der Waals surface area contributed by atoms with Crippen LogP contribution >= 0.6 is 0 Å². The van der Waals surface area contributed by atoms with Crippen LogP contribution in [0.2, 0.25) is 0 Å². The summed E-state index contributed by atoms with van der Waals surface area (Å²) in [6.45, 7) is 0. The van der Waals surface area contributed by atoms with Gasteiger partial charge in [-0.3, -0.25) is 8.89 Å². The summed E-state index contributed by atoms with van der Waals surface area (Å²) in [5.74, 6) is 0. The van der Waals surface area contributed by atoms with Gasteiger partial charge < -0.3 is 4.55 Å². The number of hydrogen-bond donors (Lipinski definition) is 0. The smallest absolute Gasteiger partial charge is 0.767 e. The molecule has 0 radical (unpaired) electrons. The van der Waals surface area contributed by atoms with Gasteiger partial charge in [0.15, 0.2) is 0 Å². The predicted octanol–water partition coefficient (Wildman–Crippen LogP) is -2.32. The summed E-state index contributed by atoms with van der Waals surface area (Å²) >= 11 is -2.94. The zero-order valence-electron chi connectivity index (χ0n) is 7.33. The first kappa shape index (κ1) is 14.1. The zero-order chi connectivity index (χ0) is 10.2. The summed E-state index contributed by atoms with van der Waals surface area (Å²) in [7, 11) is 1.13. The molecule has 1 unspecified atom stereocenters. The van der Waals surface area contributed by atoms with Gasteiger partial charge in [-0.25, -0.2) is 0 Å². The minimum Gasteiger partial charge on any atom is -0.767 e. The van der Waals surface area contributed by atoms with E-state index < -0.39 is 27.8 Å². The van der Waals surface area contributed by atoms with Gasteiger partial charge in [0.1, 0.15) is 10.6 Å². The average Bonchev–Trinajstić information content (AvgIpc) is 2.28. The topological polar surface area (TPSA) is 58.0 Å². The number of nitrogens with zero attached hydrogens (tertiary/aromatic N) is 2. The van der Waals surface area contributed by atoms with Gasteiger partial charge in [-0.2, -0.15) is 18.3 Å². The third-order valence-electron chi connectivity index (χ3n) is 1.35. The van der Waals surface area contributed by atoms with Crippen LogP contribution in [0.5, 0.6) is 0 Å². The van der Waals surface area contributed by atoms with Crippen molar-refractivity contribution in [2.24, 2.45) is 7.05 Å². The minimum absolute atomic E-state index is 0. The Morgan fingerprint density at radius 3 is 2.36 bits per heavy atom. The molecule has 9 heteroatoms. The quantitative estimate of drug-likeness (QED) is 0.406. The second kappa shape index (κ2) is 4.75. The van der Waals surface area contributed by atoms with Crippen LogP contribution in [0.25, 0.3) is 0 Å². The molecule has 0 saturated heterocycles. The van der Waals surface area contributed by atoms with E-state index in [4.69, 9.17) is 0 Å². The van der Waals surface area contributed by atoms with Crippen LogP contribution in [0, 0.1) is 0 Å². The van der Waals surface area contributed by atoms with Crippen LogP contribution in [0.4, 0.5) is 13.2 Å². The fraction of sp³-hybridized carbons (Fsp3) is 0.400. The number of hydrogen-bond acceptors (Lipinski definition) is 3. The Hall–Kier alpha value is 0.110. The molecule has 0 N–H and O–H groups in total. The molecule has 74 valence electrons. The summed E-state index contributed by atoms with van der Waals surface area (Å²) in [5.41, 5.74) is -1.25. The van der Waals surface area contributed by atoms with Gasteiger partial charge in [0.05, 0.1) is 6.20 Å². The zero-order valence-corrected chi connectivity index (χ0v) is 10.1. The van der Waals surface area contributed by atoms with Crippen LogP contribution in [0.3, 0.4) is 0 Å². The maximum Gasteiger partial charge on any atom is 1.00 e. The molecule has 0 spiro atoms. The van der Waals surface area contributed by atoms with Crippen LogP contribution < -0.4 is 29.6 Å². The van der Waals surface area contributed by atoms with Gasteiger partial charge in [0.25, 0.3) is 0 Å². The monoisotopic (exact) mass is 236 g/mol. The first-order chi connectivity index (χ1) is 5.84. The molecule has 0 aliphatic carbocycles. The van der Waals surface area contributed by atoms with Crippen molar-refractivity contribution < 1.29 is 51.5 Å². The van der Waals surface area contributed by atoms with E-state index in [1.807, 2.05) is 0 Å². The van der Waals surface area contributed by atoms with Crippen LogP contribution in [0.1, 0.15) is 5.56 Å². The Kier molecular flexibility index (Phi) is 4.79. The molecule has 14 heavy (non-hydrogen) atoms. The summed E-state index contributed by atoms with van der Waals surface area (Å²) in [6, 6.07) is 0. The average molecular weight is 236 g/mol. The molecular weight excluding hydrogens is 232 g/mol. The number of alkyl halides is 3. The Balaban J connectivity index is 0.00000169. The van der Waals surface area contributed by atoms with Gasteiger partial charge in [0, 0.05) is 7.05 Å². The van der Waals surface area contributed by atoms with Gasteiger partial charge >= 0.3 is 35.7 Å². The largest absolute Gasteiger partial charge is 1.00 e. The molecule has 0 saturated carbocycles. The molecule has 0 aromatic carbocycles. The molecule has 0 amide bonds. The van der Waals surface area contributed by atoms with Crippen molar-refractivity contribution in [3.05, 3.63) is 11.8 Å². The maximum atomic E-state index is 12.1. The van der Waals surface area contributed by atoms with Crippen molar-refractivity contribution in [3.8, 4) is 0 Å². The molecule has 1 aromatic rings. The van der Waals surface area contributed by atoms with E-state index in [2.05, 4.69) is 5.10 Å². The molecule has 1 aromatic heterocycles. The van der Waals surface area contributed by atoms with E-state index in [1.54, 1.807) is 0 Å². The fourth-order valence-electron chi connectivity index (χ4n) is 0.818. The molecule has 0 aliphatic heterocycles. The van der Waals surface area contributed by atoms with Crippen LogP contribution in [-0.4, -0.2) is 18.5 Å². The van der Waals surface area contributed by atoms with Gasteiger partial charge in [-0.1, -0.05) is 0 Å². The van der Waals surface area contributed by atoms with E-state index in [9.17, 15) is 21.9 Å². The first-order valence-corrected chi connectivity index (χ1v) is 4.10. The second-order valence-electron chi connectivity index (χ2n) is 2.22. The van der Waals surface area contributed by atoms with E-state index in [0.717, 1.165) is 7.05 Å². The first-order valence-electron chi connectivity index (χ1n) is 3.02. The number of aromatic nitrogens is 2. The normalized spacial score (nSPS) is 13.5. The SMILES string of the molecule is Cn1ncc(C(F)(F)F)c1S(=O)[O-].[Na+]. The molecular formula is C5H4F3N2NaO2S. The molecule has 1 rings (SSSR count). The number of halogens is 3.